The molecule has 0 aromatic heterocycles. The van der Waals surface area contributed by atoms with Gasteiger partial charge in [-0.15, -0.1) is 0 Å². The minimum absolute atomic E-state index is 0.0759. The minimum atomic E-state index is -0.973. The molecule has 2 rings (SSSR count). The van der Waals surface area contributed by atoms with Crippen LogP contribution in [0.2, 0.25) is 0 Å². The summed E-state index contributed by atoms with van der Waals surface area (Å²) in [5, 5.41) is 8.94. The first kappa shape index (κ1) is 14.4. The number of carbonyl (C=O) groups excluding carboxylic acids is 1. The zero-order valence-corrected chi connectivity index (χ0v) is 12.1. The van der Waals surface area contributed by atoms with Crippen LogP contribution in [0.15, 0.2) is 18.2 Å². The van der Waals surface area contributed by atoms with Gasteiger partial charge in [0.25, 0.3) is 0 Å². The predicted molar refractivity (Wildman–Crippen MR) is 77.1 cm³/mol. The molecule has 1 fully saturated rings. The fourth-order valence-corrected chi connectivity index (χ4v) is 2.33. The Bertz CT molecular complexity index is 518. The molecule has 1 aliphatic carbocycles. The van der Waals surface area contributed by atoms with E-state index < -0.39 is 5.97 Å². The Kier molecular flexibility index (Phi) is 3.97. The van der Waals surface area contributed by atoms with Crippen LogP contribution in [0, 0.1) is 13.8 Å². The van der Waals surface area contributed by atoms with Crippen molar-refractivity contribution in [1.29, 1.82) is 0 Å². The van der Waals surface area contributed by atoms with Gasteiger partial charge >= 0.3 is 12.0 Å². The molecule has 0 unspecified atom stereocenters. The monoisotopic (exact) mass is 276 g/mol. The number of amides is 2. The first-order valence-corrected chi connectivity index (χ1v) is 6.73. The van der Waals surface area contributed by atoms with Gasteiger partial charge in [-0.05, 0) is 49.9 Å². The van der Waals surface area contributed by atoms with Gasteiger partial charge in [0.05, 0.1) is 0 Å². The molecule has 0 radical (unpaired) electrons. The van der Waals surface area contributed by atoms with Crippen molar-refractivity contribution in [2.24, 2.45) is 0 Å². The maximum Gasteiger partial charge on any atom is 0.324 e. The molecule has 1 aromatic carbocycles. The summed E-state index contributed by atoms with van der Waals surface area (Å²) in [4.78, 5) is 26.3. The van der Waals surface area contributed by atoms with Gasteiger partial charge < -0.3 is 10.0 Å². The van der Waals surface area contributed by atoms with Crippen molar-refractivity contribution in [2.45, 2.75) is 32.7 Å². The van der Waals surface area contributed by atoms with Crippen LogP contribution in [0.25, 0.3) is 0 Å². The minimum Gasteiger partial charge on any atom is -0.480 e. The Hall–Kier alpha value is -2.04. The van der Waals surface area contributed by atoms with E-state index in [0.29, 0.717) is 0 Å². The number of carbonyl (C=O) groups is 2. The Balaban J connectivity index is 2.19. The molecule has 108 valence electrons. The van der Waals surface area contributed by atoms with Crippen molar-refractivity contribution >= 4 is 17.7 Å². The number of urea groups is 1. The number of rotatable bonds is 4. The number of hydrogen-bond acceptors (Lipinski definition) is 2. The summed E-state index contributed by atoms with van der Waals surface area (Å²) in [5.41, 5.74) is 2.95. The van der Waals surface area contributed by atoms with E-state index in [0.717, 1.165) is 29.7 Å². The van der Waals surface area contributed by atoms with E-state index in [9.17, 15) is 9.59 Å². The highest BCUT2D eigenvalue weighted by molar-refractivity contribution is 5.93. The smallest absolute Gasteiger partial charge is 0.324 e. The number of benzene rings is 1. The molecule has 1 aromatic rings. The van der Waals surface area contributed by atoms with Crippen LogP contribution >= 0.6 is 0 Å². The second-order valence-corrected chi connectivity index (χ2v) is 5.44. The summed E-state index contributed by atoms with van der Waals surface area (Å²) in [6, 6.07) is 5.72. The van der Waals surface area contributed by atoms with E-state index in [1.54, 1.807) is 7.05 Å². The second-order valence-electron chi connectivity index (χ2n) is 5.44. The lowest BCUT2D eigenvalue weighted by molar-refractivity contribution is -0.137. The number of nitrogens with zero attached hydrogens (tertiary/aromatic N) is 2. The lowest BCUT2D eigenvalue weighted by Gasteiger charge is -2.27. The summed E-state index contributed by atoms with van der Waals surface area (Å²) in [6.45, 7) is 3.72. The van der Waals surface area contributed by atoms with Crippen LogP contribution in [-0.2, 0) is 4.79 Å². The normalized spacial score (nSPS) is 13.9. The van der Waals surface area contributed by atoms with E-state index >= 15 is 0 Å². The third kappa shape index (κ3) is 3.29. The standard InChI is InChI=1S/C15H20N2O3/c1-10-6-11(2)8-13(7-10)16(3)15(20)17(9-14(18)19)12-4-5-12/h6-8,12H,4-5,9H2,1-3H3,(H,18,19). The molecule has 0 bridgehead atoms. The molecule has 5 heteroatoms. The lowest BCUT2D eigenvalue weighted by Crippen LogP contribution is -2.45. The quantitative estimate of drug-likeness (QED) is 0.918. The highest BCUT2D eigenvalue weighted by atomic mass is 16.4. The third-order valence-corrected chi connectivity index (χ3v) is 3.42. The van der Waals surface area contributed by atoms with Crippen molar-refractivity contribution < 1.29 is 14.7 Å². The largest absolute Gasteiger partial charge is 0.480 e. The van der Waals surface area contributed by atoms with Crippen molar-refractivity contribution in [2.75, 3.05) is 18.5 Å². The molecule has 0 saturated heterocycles. The van der Waals surface area contributed by atoms with Crippen molar-refractivity contribution in [3.63, 3.8) is 0 Å². The molecule has 0 spiro atoms. The van der Waals surface area contributed by atoms with Crippen molar-refractivity contribution in [1.82, 2.24) is 4.90 Å². The second kappa shape index (κ2) is 5.53. The molecule has 20 heavy (non-hydrogen) atoms. The Morgan fingerprint density at radius 2 is 1.75 bits per heavy atom. The summed E-state index contributed by atoms with van der Waals surface area (Å²) >= 11 is 0. The summed E-state index contributed by atoms with van der Waals surface area (Å²) in [6.07, 6.45) is 1.78. The van der Waals surface area contributed by atoms with Crippen LogP contribution in [0.3, 0.4) is 0 Å². The average molecular weight is 276 g/mol. The fourth-order valence-electron chi connectivity index (χ4n) is 2.33. The van der Waals surface area contributed by atoms with E-state index in [1.165, 1.54) is 9.80 Å². The molecule has 0 atom stereocenters. The SMILES string of the molecule is Cc1cc(C)cc(N(C)C(=O)N(CC(=O)O)C2CC2)c1. The number of aliphatic carboxylic acids is 1. The number of anilines is 1. The number of carboxylic acid groups (broad SMARTS) is 1. The van der Waals surface area contributed by atoms with Gasteiger partial charge in [0, 0.05) is 18.8 Å². The molecular formula is C15H20N2O3. The Morgan fingerprint density at radius 1 is 1.20 bits per heavy atom. The molecule has 0 heterocycles. The van der Waals surface area contributed by atoms with Gasteiger partial charge in [-0.3, -0.25) is 9.69 Å². The van der Waals surface area contributed by atoms with Gasteiger partial charge in [0.1, 0.15) is 6.54 Å². The number of carboxylic acids is 1. The number of hydrogen-bond donors (Lipinski definition) is 1. The van der Waals surface area contributed by atoms with E-state index in [1.807, 2.05) is 32.0 Å². The Morgan fingerprint density at radius 3 is 2.20 bits per heavy atom. The molecule has 2 amide bonds. The molecule has 5 nitrogen and oxygen atoms in total. The summed E-state index contributed by atoms with van der Waals surface area (Å²) in [5.74, 6) is -0.973. The maximum atomic E-state index is 12.5. The van der Waals surface area contributed by atoms with Gasteiger partial charge in [0.15, 0.2) is 0 Å². The third-order valence-electron chi connectivity index (χ3n) is 3.42. The first-order valence-electron chi connectivity index (χ1n) is 6.73. The van der Waals surface area contributed by atoms with E-state index in [4.69, 9.17) is 5.11 Å². The van der Waals surface area contributed by atoms with E-state index in [-0.39, 0.29) is 18.6 Å². The lowest BCUT2D eigenvalue weighted by atomic mass is 10.1. The highest BCUT2D eigenvalue weighted by Crippen LogP contribution is 2.28. The predicted octanol–water partition coefficient (Wildman–Crippen LogP) is 2.41. The molecule has 0 aliphatic heterocycles. The molecule has 1 aliphatic rings. The van der Waals surface area contributed by atoms with E-state index in [2.05, 4.69) is 0 Å². The maximum absolute atomic E-state index is 12.5. The summed E-state index contributed by atoms with van der Waals surface area (Å²) in [7, 11) is 1.69. The van der Waals surface area contributed by atoms with Crippen LogP contribution in [0.1, 0.15) is 24.0 Å². The van der Waals surface area contributed by atoms with Crippen LogP contribution in [-0.4, -0.2) is 41.6 Å². The molecule has 1 saturated carbocycles. The zero-order valence-electron chi connectivity index (χ0n) is 12.1. The van der Waals surface area contributed by atoms with Crippen LogP contribution in [0.4, 0.5) is 10.5 Å². The van der Waals surface area contributed by atoms with Gasteiger partial charge in [-0.1, -0.05) is 6.07 Å². The number of aryl methyl sites for hydroxylation is 2. The van der Waals surface area contributed by atoms with Crippen LogP contribution in [0.5, 0.6) is 0 Å². The first-order chi connectivity index (χ1) is 9.38. The van der Waals surface area contributed by atoms with Crippen molar-refractivity contribution in [3.05, 3.63) is 29.3 Å². The summed E-state index contributed by atoms with van der Waals surface area (Å²) < 4.78 is 0. The van der Waals surface area contributed by atoms with Gasteiger partial charge in [-0.25, -0.2) is 4.79 Å². The van der Waals surface area contributed by atoms with Crippen LogP contribution < -0.4 is 4.90 Å². The van der Waals surface area contributed by atoms with Gasteiger partial charge in [-0.2, -0.15) is 0 Å². The fraction of sp³-hybridized carbons (Fsp3) is 0.467. The topological polar surface area (TPSA) is 60.9 Å². The average Bonchev–Trinajstić information content (AvgIpc) is 3.17. The van der Waals surface area contributed by atoms with Gasteiger partial charge in [0.2, 0.25) is 0 Å². The molecular weight excluding hydrogens is 256 g/mol. The highest BCUT2D eigenvalue weighted by Gasteiger charge is 2.35. The molecule has 1 N–H and O–H groups in total. The van der Waals surface area contributed by atoms with Crippen molar-refractivity contribution in [3.8, 4) is 0 Å². The Labute approximate surface area is 118 Å². The zero-order chi connectivity index (χ0) is 14.9.